The Morgan fingerprint density at radius 1 is 1.11 bits per heavy atom. The van der Waals surface area contributed by atoms with Crippen LogP contribution in [0, 0.1) is 5.41 Å². The zero-order chi connectivity index (χ0) is 14.9. The molecule has 0 aliphatic rings. The number of alkyl halides is 3. The SMILES string of the molecule is CC(C)(C)C(Br)OP(=O)(OCCCCl)OCCCCl. The highest BCUT2D eigenvalue weighted by atomic mass is 79.9. The Labute approximate surface area is 134 Å². The van der Waals surface area contributed by atoms with Crippen molar-refractivity contribution < 1.29 is 18.1 Å². The fourth-order valence-corrected chi connectivity index (χ4v) is 3.11. The van der Waals surface area contributed by atoms with Gasteiger partial charge in [-0.25, -0.2) is 4.57 Å². The molecule has 1 atom stereocenters. The molecule has 0 spiro atoms. The second-order valence-corrected chi connectivity index (χ2v) is 8.20. The van der Waals surface area contributed by atoms with Crippen molar-refractivity contribution in [2.24, 2.45) is 5.41 Å². The van der Waals surface area contributed by atoms with Gasteiger partial charge in [0, 0.05) is 11.8 Å². The Morgan fingerprint density at radius 2 is 1.53 bits per heavy atom. The lowest BCUT2D eigenvalue weighted by Gasteiger charge is -2.28. The van der Waals surface area contributed by atoms with Crippen molar-refractivity contribution in [1.82, 2.24) is 0 Å². The van der Waals surface area contributed by atoms with Crippen LogP contribution in [0.3, 0.4) is 0 Å². The molecule has 0 aromatic heterocycles. The smallest absolute Gasteiger partial charge is 0.287 e. The summed E-state index contributed by atoms with van der Waals surface area (Å²) in [7, 11) is -3.60. The van der Waals surface area contributed by atoms with E-state index in [1.165, 1.54) is 0 Å². The van der Waals surface area contributed by atoms with Gasteiger partial charge in [-0.1, -0.05) is 36.7 Å². The number of phosphoric ester groups is 1. The first-order valence-electron chi connectivity index (χ1n) is 6.08. The number of hydrogen-bond donors (Lipinski definition) is 0. The van der Waals surface area contributed by atoms with Gasteiger partial charge in [-0.05, 0) is 18.3 Å². The third-order valence-electron chi connectivity index (χ3n) is 1.96. The molecule has 0 fully saturated rings. The van der Waals surface area contributed by atoms with E-state index in [0.29, 0.717) is 24.6 Å². The van der Waals surface area contributed by atoms with Gasteiger partial charge in [0.05, 0.1) is 13.2 Å². The van der Waals surface area contributed by atoms with E-state index < -0.39 is 12.8 Å². The number of hydrogen-bond acceptors (Lipinski definition) is 4. The molecule has 0 N–H and O–H groups in total. The summed E-state index contributed by atoms with van der Waals surface area (Å²) in [5, 5.41) is -0.446. The number of phosphoric acid groups is 1. The predicted octanol–water partition coefficient (Wildman–Crippen LogP) is 5.17. The molecular formula is C11H22BrCl2O4P. The topological polar surface area (TPSA) is 44.8 Å². The van der Waals surface area contributed by atoms with Crippen molar-refractivity contribution in [3.05, 3.63) is 0 Å². The highest BCUT2D eigenvalue weighted by Crippen LogP contribution is 2.53. The molecule has 8 heteroatoms. The van der Waals surface area contributed by atoms with E-state index in [-0.39, 0.29) is 18.6 Å². The molecule has 0 aromatic rings. The minimum atomic E-state index is -3.60. The summed E-state index contributed by atoms with van der Waals surface area (Å²) in [6.07, 6.45) is 1.16. The molecule has 0 saturated carbocycles. The lowest BCUT2D eigenvalue weighted by atomic mass is 9.99. The van der Waals surface area contributed by atoms with Gasteiger partial charge < -0.3 is 0 Å². The van der Waals surface area contributed by atoms with E-state index in [4.69, 9.17) is 36.8 Å². The maximum absolute atomic E-state index is 12.4. The van der Waals surface area contributed by atoms with Crippen molar-refractivity contribution in [3.8, 4) is 0 Å². The Morgan fingerprint density at radius 3 is 1.84 bits per heavy atom. The quantitative estimate of drug-likeness (QED) is 0.289. The number of halogens is 3. The Kier molecular flexibility index (Phi) is 10.6. The first-order valence-corrected chi connectivity index (χ1v) is 9.53. The molecule has 0 amide bonds. The van der Waals surface area contributed by atoms with E-state index in [2.05, 4.69) is 15.9 Å². The van der Waals surface area contributed by atoms with Gasteiger partial charge in [-0.15, -0.1) is 23.2 Å². The molecule has 116 valence electrons. The maximum Gasteiger partial charge on any atom is 0.475 e. The standard InChI is InChI=1S/C11H22BrCl2O4P/c1-11(2,3)10(12)18-19(15,16-8-4-6-13)17-9-5-7-14/h10H,4-9H2,1-3H3. The molecule has 0 heterocycles. The summed E-state index contributed by atoms with van der Waals surface area (Å²) in [5.41, 5.74) is -0.235. The van der Waals surface area contributed by atoms with Crippen LogP contribution >= 0.6 is 47.0 Å². The second-order valence-electron chi connectivity index (χ2n) is 4.99. The van der Waals surface area contributed by atoms with Gasteiger partial charge in [0.15, 0.2) is 0 Å². The number of rotatable bonds is 10. The van der Waals surface area contributed by atoms with Gasteiger partial charge >= 0.3 is 7.82 Å². The van der Waals surface area contributed by atoms with Gasteiger partial charge in [0.25, 0.3) is 0 Å². The van der Waals surface area contributed by atoms with Crippen molar-refractivity contribution in [1.29, 1.82) is 0 Å². The fourth-order valence-electron chi connectivity index (χ4n) is 0.831. The van der Waals surface area contributed by atoms with Crippen molar-refractivity contribution in [2.75, 3.05) is 25.0 Å². The second kappa shape index (κ2) is 9.99. The third kappa shape index (κ3) is 9.67. The van der Waals surface area contributed by atoms with Crippen LogP contribution in [0.15, 0.2) is 0 Å². The Balaban J connectivity index is 4.51. The van der Waals surface area contributed by atoms with Crippen LogP contribution in [0.25, 0.3) is 0 Å². The van der Waals surface area contributed by atoms with Crippen molar-refractivity contribution in [2.45, 2.75) is 38.6 Å². The first-order chi connectivity index (χ1) is 8.75. The maximum atomic E-state index is 12.4. The first kappa shape index (κ1) is 20.2. The monoisotopic (exact) mass is 398 g/mol. The summed E-state index contributed by atoms with van der Waals surface area (Å²) < 4.78 is 28.3. The molecule has 0 bridgehead atoms. The molecular weight excluding hydrogens is 378 g/mol. The van der Waals surface area contributed by atoms with Crippen LogP contribution in [-0.2, 0) is 18.1 Å². The summed E-state index contributed by atoms with van der Waals surface area (Å²) in [6.45, 7) is 6.31. The van der Waals surface area contributed by atoms with Crippen molar-refractivity contribution >= 4 is 47.0 Å². The Bertz CT molecular complexity index is 272. The van der Waals surface area contributed by atoms with Crippen LogP contribution in [0.4, 0.5) is 0 Å². The normalized spacial score (nSPS) is 14.6. The van der Waals surface area contributed by atoms with Crippen LogP contribution in [0.1, 0.15) is 33.6 Å². The molecule has 1 unspecified atom stereocenters. The average Bonchev–Trinajstić information content (AvgIpc) is 2.28. The average molecular weight is 400 g/mol. The lowest BCUT2D eigenvalue weighted by Crippen LogP contribution is -2.23. The van der Waals surface area contributed by atoms with Crippen LogP contribution in [0.5, 0.6) is 0 Å². The van der Waals surface area contributed by atoms with Crippen LogP contribution < -0.4 is 0 Å². The van der Waals surface area contributed by atoms with E-state index >= 15 is 0 Å². The van der Waals surface area contributed by atoms with Crippen LogP contribution in [-0.4, -0.2) is 30.0 Å². The summed E-state index contributed by atoms with van der Waals surface area (Å²) in [4.78, 5) is 0. The molecule has 0 radical (unpaired) electrons. The van der Waals surface area contributed by atoms with Gasteiger partial charge in [0.1, 0.15) is 5.01 Å². The largest absolute Gasteiger partial charge is 0.475 e. The zero-order valence-electron chi connectivity index (χ0n) is 11.5. The summed E-state index contributed by atoms with van der Waals surface area (Å²) in [6, 6.07) is 0. The summed E-state index contributed by atoms with van der Waals surface area (Å²) in [5.74, 6) is 0.859. The predicted molar refractivity (Wildman–Crippen MR) is 83.4 cm³/mol. The minimum Gasteiger partial charge on any atom is -0.287 e. The van der Waals surface area contributed by atoms with Crippen molar-refractivity contribution in [3.63, 3.8) is 0 Å². The van der Waals surface area contributed by atoms with E-state index in [1.807, 2.05) is 20.8 Å². The fraction of sp³-hybridized carbons (Fsp3) is 1.00. The molecule has 19 heavy (non-hydrogen) atoms. The molecule has 0 saturated heterocycles. The van der Waals surface area contributed by atoms with Gasteiger partial charge in [-0.3, -0.25) is 13.6 Å². The molecule has 0 aliphatic carbocycles. The molecule has 0 rings (SSSR count). The van der Waals surface area contributed by atoms with E-state index in [1.54, 1.807) is 0 Å². The van der Waals surface area contributed by atoms with E-state index in [0.717, 1.165) is 0 Å². The third-order valence-corrected chi connectivity index (χ3v) is 5.81. The highest BCUT2D eigenvalue weighted by Gasteiger charge is 2.35. The molecule has 4 nitrogen and oxygen atoms in total. The molecule has 0 aromatic carbocycles. The summed E-state index contributed by atoms with van der Waals surface area (Å²) >= 11 is 14.5. The molecule has 0 aliphatic heterocycles. The van der Waals surface area contributed by atoms with E-state index in [9.17, 15) is 4.57 Å². The highest BCUT2D eigenvalue weighted by molar-refractivity contribution is 9.09. The minimum absolute atomic E-state index is 0.228. The van der Waals surface area contributed by atoms with Crippen LogP contribution in [0.2, 0.25) is 0 Å². The lowest BCUT2D eigenvalue weighted by molar-refractivity contribution is 0.0733. The zero-order valence-corrected chi connectivity index (χ0v) is 15.5. The van der Waals surface area contributed by atoms with Gasteiger partial charge in [0.2, 0.25) is 0 Å². The Hall–Kier alpha value is 1.17. The van der Waals surface area contributed by atoms with Gasteiger partial charge in [-0.2, -0.15) is 0 Å².